The van der Waals surface area contributed by atoms with E-state index < -0.39 is 0 Å². The maximum absolute atomic E-state index is 11.7. The number of hydrogen-bond donors (Lipinski definition) is 0. The van der Waals surface area contributed by atoms with Gasteiger partial charge in [-0.2, -0.15) is 0 Å². The fourth-order valence-corrected chi connectivity index (χ4v) is 3.35. The fraction of sp³-hybridized carbons (Fsp3) is 0.316. The Hall–Kier alpha value is -2.29. The zero-order valence-electron chi connectivity index (χ0n) is 12.9. The molecule has 3 nitrogen and oxygen atoms in total. The average Bonchev–Trinajstić information content (AvgIpc) is 2.60. The Morgan fingerprint density at radius 3 is 2.32 bits per heavy atom. The van der Waals surface area contributed by atoms with Crippen LogP contribution >= 0.6 is 0 Å². The molecule has 0 N–H and O–H groups in total. The van der Waals surface area contributed by atoms with Crippen LogP contribution in [0.4, 0.5) is 0 Å². The first-order valence-electron chi connectivity index (χ1n) is 7.53. The van der Waals surface area contributed by atoms with Crippen molar-refractivity contribution in [1.29, 1.82) is 0 Å². The van der Waals surface area contributed by atoms with E-state index in [0.29, 0.717) is 0 Å². The van der Waals surface area contributed by atoms with Crippen LogP contribution in [0.25, 0.3) is 0 Å². The van der Waals surface area contributed by atoms with E-state index in [-0.39, 0.29) is 11.8 Å². The monoisotopic (exact) mass is 296 g/mol. The minimum Gasteiger partial charge on any atom is -0.497 e. The SMILES string of the molecule is COc1ccc(C2CCc3cc(OC)ccc3C2C=O)cc1. The van der Waals surface area contributed by atoms with Crippen molar-refractivity contribution in [3.8, 4) is 11.5 Å². The third kappa shape index (κ3) is 2.59. The summed E-state index contributed by atoms with van der Waals surface area (Å²) in [5.74, 6) is 1.82. The Morgan fingerprint density at radius 1 is 1.00 bits per heavy atom. The van der Waals surface area contributed by atoms with Crippen LogP contribution in [-0.4, -0.2) is 20.5 Å². The van der Waals surface area contributed by atoms with Crippen molar-refractivity contribution in [3.63, 3.8) is 0 Å². The highest BCUT2D eigenvalue weighted by atomic mass is 16.5. The second-order valence-corrected chi connectivity index (χ2v) is 5.64. The van der Waals surface area contributed by atoms with Gasteiger partial charge in [0.2, 0.25) is 0 Å². The summed E-state index contributed by atoms with van der Waals surface area (Å²) in [6, 6.07) is 14.1. The van der Waals surface area contributed by atoms with Gasteiger partial charge in [0.25, 0.3) is 0 Å². The van der Waals surface area contributed by atoms with E-state index in [1.54, 1.807) is 14.2 Å². The van der Waals surface area contributed by atoms with Gasteiger partial charge in [0.1, 0.15) is 17.8 Å². The van der Waals surface area contributed by atoms with Gasteiger partial charge in [-0.05, 0) is 59.7 Å². The highest BCUT2D eigenvalue weighted by Crippen LogP contribution is 2.42. The van der Waals surface area contributed by atoms with Gasteiger partial charge in [-0.3, -0.25) is 0 Å². The first kappa shape index (κ1) is 14.6. The molecule has 0 saturated carbocycles. The van der Waals surface area contributed by atoms with Crippen molar-refractivity contribution in [2.45, 2.75) is 24.7 Å². The number of benzene rings is 2. The number of ether oxygens (including phenoxy) is 2. The van der Waals surface area contributed by atoms with Crippen LogP contribution < -0.4 is 9.47 Å². The summed E-state index contributed by atoms with van der Waals surface area (Å²) in [5.41, 5.74) is 3.54. The lowest BCUT2D eigenvalue weighted by molar-refractivity contribution is -0.109. The second kappa shape index (κ2) is 6.22. The predicted octanol–water partition coefficient (Wildman–Crippen LogP) is 3.72. The number of hydrogen-bond acceptors (Lipinski definition) is 3. The smallest absolute Gasteiger partial charge is 0.128 e. The zero-order valence-corrected chi connectivity index (χ0v) is 12.9. The van der Waals surface area contributed by atoms with Crippen LogP contribution in [0.3, 0.4) is 0 Å². The molecule has 3 heteroatoms. The van der Waals surface area contributed by atoms with Gasteiger partial charge in [-0.25, -0.2) is 0 Å². The van der Waals surface area contributed by atoms with Crippen molar-refractivity contribution >= 4 is 6.29 Å². The standard InChI is InChI=1S/C19H20O3/c1-21-15-6-3-13(4-7-15)17-9-5-14-11-16(22-2)8-10-18(14)19(17)12-20/h3-4,6-8,10-12,17,19H,5,9H2,1-2H3. The molecule has 3 rings (SSSR count). The summed E-state index contributed by atoms with van der Waals surface area (Å²) in [4.78, 5) is 11.7. The van der Waals surface area contributed by atoms with E-state index in [0.717, 1.165) is 36.2 Å². The molecular weight excluding hydrogens is 276 g/mol. The van der Waals surface area contributed by atoms with Crippen LogP contribution in [0.2, 0.25) is 0 Å². The number of fused-ring (bicyclic) bond motifs is 1. The van der Waals surface area contributed by atoms with Gasteiger partial charge >= 0.3 is 0 Å². The molecule has 114 valence electrons. The maximum atomic E-state index is 11.7. The lowest BCUT2D eigenvalue weighted by atomic mass is 9.73. The van der Waals surface area contributed by atoms with Gasteiger partial charge in [0.15, 0.2) is 0 Å². The van der Waals surface area contributed by atoms with Gasteiger partial charge in [0, 0.05) is 5.92 Å². The summed E-state index contributed by atoms with van der Waals surface area (Å²) in [5, 5.41) is 0. The van der Waals surface area contributed by atoms with Crippen molar-refractivity contribution in [1.82, 2.24) is 0 Å². The van der Waals surface area contributed by atoms with Gasteiger partial charge in [-0.15, -0.1) is 0 Å². The molecule has 2 aromatic carbocycles. The summed E-state index contributed by atoms with van der Waals surface area (Å²) in [7, 11) is 3.33. The van der Waals surface area contributed by atoms with E-state index in [9.17, 15) is 4.79 Å². The minimum absolute atomic E-state index is 0.0944. The molecule has 2 unspecified atom stereocenters. The average molecular weight is 296 g/mol. The lowest BCUT2D eigenvalue weighted by Gasteiger charge is -2.31. The molecule has 2 aromatic rings. The Kier molecular flexibility index (Phi) is 4.14. The number of methoxy groups -OCH3 is 2. The molecule has 0 heterocycles. The number of carbonyl (C=O) groups excluding carboxylic acids is 1. The van der Waals surface area contributed by atoms with E-state index in [4.69, 9.17) is 9.47 Å². The van der Waals surface area contributed by atoms with E-state index in [2.05, 4.69) is 18.2 Å². The Bertz CT molecular complexity index is 661. The molecule has 22 heavy (non-hydrogen) atoms. The normalized spacial score (nSPS) is 20.1. The largest absolute Gasteiger partial charge is 0.497 e. The Morgan fingerprint density at radius 2 is 1.68 bits per heavy atom. The highest BCUT2D eigenvalue weighted by Gasteiger charge is 2.30. The molecular formula is C19H20O3. The van der Waals surface area contributed by atoms with Crippen molar-refractivity contribution in [2.75, 3.05) is 14.2 Å². The van der Waals surface area contributed by atoms with Crippen molar-refractivity contribution in [3.05, 3.63) is 59.2 Å². The fourth-order valence-electron chi connectivity index (χ4n) is 3.35. The van der Waals surface area contributed by atoms with Gasteiger partial charge in [-0.1, -0.05) is 18.2 Å². The summed E-state index contributed by atoms with van der Waals surface area (Å²) in [6.07, 6.45) is 3.02. The first-order chi connectivity index (χ1) is 10.8. The van der Waals surface area contributed by atoms with Crippen LogP contribution in [-0.2, 0) is 11.2 Å². The van der Waals surface area contributed by atoms with Crippen molar-refractivity contribution in [2.24, 2.45) is 0 Å². The molecule has 1 aliphatic carbocycles. The molecule has 0 amide bonds. The van der Waals surface area contributed by atoms with Crippen LogP contribution in [0.1, 0.15) is 34.9 Å². The molecule has 0 aliphatic heterocycles. The van der Waals surface area contributed by atoms with Crippen LogP contribution in [0.5, 0.6) is 11.5 Å². The van der Waals surface area contributed by atoms with Gasteiger partial charge in [0.05, 0.1) is 14.2 Å². The van der Waals surface area contributed by atoms with Crippen LogP contribution in [0.15, 0.2) is 42.5 Å². The molecule has 0 bridgehead atoms. The summed E-state index contributed by atoms with van der Waals surface area (Å²) >= 11 is 0. The first-order valence-corrected chi connectivity index (χ1v) is 7.53. The number of aryl methyl sites for hydroxylation is 1. The zero-order chi connectivity index (χ0) is 15.5. The number of aldehydes is 1. The van der Waals surface area contributed by atoms with Crippen LogP contribution in [0, 0.1) is 0 Å². The van der Waals surface area contributed by atoms with E-state index in [1.165, 1.54) is 11.1 Å². The molecule has 2 atom stereocenters. The van der Waals surface area contributed by atoms with E-state index in [1.807, 2.05) is 24.3 Å². The topological polar surface area (TPSA) is 35.5 Å². The predicted molar refractivity (Wildman–Crippen MR) is 85.9 cm³/mol. The molecule has 0 radical (unpaired) electrons. The molecule has 0 spiro atoms. The Labute approximate surface area is 130 Å². The van der Waals surface area contributed by atoms with Gasteiger partial charge < -0.3 is 14.3 Å². The minimum atomic E-state index is -0.0944. The summed E-state index contributed by atoms with van der Waals surface area (Å²) < 4.78 is 10.5. The maximum Gasteiger partial charge on any atom is 0.128 e. The second-order valence-electron chi connectivity index (χ2n) is 5.64. The third-order valence-corrected chi connectivity index (χ3v) is 4.56. The highest BCUT2D eigenvalue weighted by molar-refractivity contribution is 5.67. The van der Waals surface area contributed by atoms with Crippen molar-refractivity contribution < 1.29 is 14.3 Å². The molecule has 0 aromatic heterocycles. The molecule has 0 fully saturated rings. The summed E-state index contributed by atoms with van der Waals surface area (Å²) in [6.45, 7) is 0. The third-order valence-electron chi connectivity index (χ3n) is 4.56. The lowest BCUT2D eigenvalue weighted by Crippen LogP contribution is -2.20. The number of rotatable bonds is 4. The number of carbonyl (C=O) groups is 1. The molecule has 0 saturated heterocycles. The van der Waals surface area contributed by atoms with E-state index >= 15 is 0 Å². The Balaban J connectivity index is 1.94. The molecule has 1 aliphatic rings. The quantitative estimate of drug-likeness (QED) is 0.807.